The van der Waals surface area contributed by atoms with Gasteiger partial charge < -0.3 is 9.13 Å². The Labute approximate surface area is 346 Å². The molecule has 0 spiro atoms. The van der Waals surface area contributed by atoms with E-state index in [4.69, 9.17) is 15.0 Å². The molecule has 60 heavy (non-hydrogen) atoms. The van der Waals surface area contributed by atoms with Crippen LogP contribution in [0.5, 0.6) is 0 Å². The summed E-state index contributed by atoms with van der Waals surface area (Å²) in [6.07, 6.45) is 0. The average molecular weight is 766 g/mol. The van der Waals surface area contributed by atoms with Gasteiger partial charge in [0.15, 0.2) is 17.5 Å². The number of nitrogens with zero attached hydrogens (tertiary/aromatic N) is 5. The van der Waals surface area contributed by atoms with Crippen LogP contribution in [0.15, 0.2) is 212 Å². The van der Waals surface area contributed by atoms with Crippen LogP contribution >= 0.6 is 0 Å². The van der Waals surface area contributed by atoms with E-state index in [1.807, 2.05) is 60.7 Å². The number of aromatic nitrogens is 5. The Hall–Kier alpha value is -8.15. The van der Waals surface area contributed by atoms with Crippen molar-refractivity contribution in [2.24, 2.45) is 0 Å². The van der Waals surface area contributed by atoms with Gasteiger partial charge in [0, 0.05) is 49.6 Å². The number of para-hydroxylation sites is 2. The predicted molar refractivity (Wildman–Crippen MR) is 248 cm³/mol. The third-order valence-electron chi connectivity index (χ3n) is 11.7. The maximum absolute atomic E-state index is 5.05. The molecule has 0 aliphatic carbocycles. The third kappa shape index (κ3) is 5.59. The van der Waals surface area contributed by atoms with Crippen molar-refractivity contribution in [3.05, 3.63) is 212 Å². The summed E-state index contributed by atoms with van der Waals surface area (Å²) in [5.41, 5.74) is 12.0. The Balaban J connectivity index is 1.01. The zero-order valence-corrected chi connectivity index (χ0v) is 32.4. The number of fused-ring (bicyclic) bond motifs is 7. The van der Waals surface area contributed by atoms with Crippen LogP contribution in [0.4, 0.5) is 0 Å². The Morgan fingerprint density at radius 2 is 0.750 bits per heavy atom. The molecule has 0 atom stereocenters. The molecule has 12 rings (SSSR count). The van der Waals surface area contributed by atoms with Crippen LogP contribution in [0.2, 0.25) is 0 Å². The largest absolute Gasteiger partial charge is 0.309 e. The lowest BCUT2D eigenvalue weighted by molar-refractivity contribution is 1.07. The summed E-state index contributed by atoms with van der Waals surface area (Å²) in [4.78, 5) is 15.0. The second-order valence-corrected chi connectivity index (χ2v) is 15.3. The van der Waals surface area contributed by atoms with Gasteiger partial charge >= 0.3 is 0 Å². The van der Waals surface area contributed by atoms with E-state index < -0.39 is 0 Å². The van der Waals surface area contributed by atoms with Crippen LogP contribution in [0, 0.1) is 0 Å². The molecule has 0 amide bonds. The monoisotopic (exact) mass is 765 g/mol. The van der Waals surface area contributed by atoms with Crippen molar-refractivity contribution >= 4 is 54.4 Å². The molecule has 0 bridgehead atoms. The Bertz CT molecular complexity index is 3540. The molecule has 5 nitrogen and oxygen atoms in total. The summed E-state index contributed by atoms with van der Waals surface area (Å²) in [7, 11) is 0. The number of benzene rings is 9. The SMILES string of the molecule is c1ccc(-c2nc(-c3ccccc3)nc(-c3cccc(-n4c5ccccc5c5ccc(-c6ccc7c(c6)c6ccccc6n7-c6ccc7ccccc7c6)cc54)c3)n2)cc1. The molecule has 3 heterocycles. The van der Waals surface area contributed by atoms with Gasteiger partial charge in [0.2, 0.25) is 0 Å². The van der Waals surface area contributed by atoms with Gasteiger partial charge in [-0.2, -0.15) is 0 Å². The molecule has 0 fully saturated rings. The van der Waals surface area contributed by atoms with Gasteiger partial charge in [-0.1, -0.05) is 158 Å². The van der Waals surface area contributed by atoms with Gasteiger partial charge in [-0.25, -0.2) is 15.0 Å². The molecule has 280 valence electrons. The summed E-state index contributed by atoms with van der Waals surface area (Å²) in [5, 5.41) is 7.34. The fraction of sp³-hybridized carbons (Fsp3) is 0. The van der Waals surface area contributed by atoms with E-state index in [0.29, 0.717) is 17.5 Å². The van der Waals surface area contributed by atoms with Crippen LogP contribution in [0.25, 0.3) is 111 Å². The molecule has 0 aliphatic rings. The van der Waals surface area contributed by atoms with Crippen LogP contribution in [-0.2, 0) is 0 Å². The highest BCUT2D eigenvalue weighted by Crippen LogP contribution is 2.39. The van der Waals surface area contributed by atoms with Gasteiger partial charge in [-0.05, 0) is 76.5 Å². The molecule has 0 unspecified atom stereocenters. The summed E-state index contributed by atoms with van der Waals surface area (Å²) in [6, 6.07) is 75.3. The number of rotatable bonds is 6. The van der Waals surface area contributed by atoms with E-state index in [-0.39, 0.29) is 0 Å². The van der Waals surface area contributed by atoms with E-state index in [9.17, 15) is 0 Å². The zero-order valence-electron chi connectivity index (χ0n) is 32.4. The lowest BCUT2D eigenvalue weighted by Gasteiger charge is -2.12. The van der Waals surface area contributed by atoms with Crippen molar-refractivity contribution in [3.8, 4) is 56.7 Å². The van der Waals surface area contributed by atoms with Crippen molar-refractivity contribution < 1.29 is 0 Å². The highest BCUT2D eigenvalue weighted by atomic mass is 15.0. The smallest absolute Gasteiger partial charge is 0.164 e. The molecule has 0 saturated heterocycles. The highest BCUT2D eigenvalue weighted by Gasteiger charge is 2.18. The Morgan fingerprint density at radius 3 is 1.47 bits per heavy atom. The first kappa shape index (κ1) is 33.9. The summed E-state index contributed by atoms with van der Waals surface area (Å²) >= 11 is 0. The van der Waals surface area contributed by atoms with Crippen molar-refractivity contribution in [2.75, 3.05) is 0 Å². The fourth-order valence-electron chi connectivity index (χ4n) is 8.90. The van der Waals surface area contributed by atoms with Crippen molar-refractivity contribution in [2.45, 2.75) is 0 Å². The summed E-state index contributed by atoms with van der Waals surface area (Å²) in [5.74, 6) is 1.91. The van der Waals surface area contributed by atoms with Crippen LogP contribution in [0.1, 0.15) is 0 Å². The predicted octanol–water partition coefficient (Wildman–Crippen LogP) is 13.9. The van der Waals surface area contributed by atoms with Gasteiger partial charge in [-0.15, -0.1) is 0 Å². The molecule has 0 radical (unpaired) electrons. The standard InChI is InChI=1S/C55H35N5/c1-3-15-37(16-4-1)53-56-54(38-17-5-2-6-18-38)58-55(57-53)42-20-13-21-43(33-42)60-49-24-11-9-22-45(49)47-30-27-41(35-52(47)60)40-28-31-51-48(34-40)46-23-10-12-25-50(46)59(51)44-29-26-36-14-7-8-19-39(36)32-44/h1-35H. The second kappa shape index (κ2) is 13.8. The van der Waals surface area contributed by atoms with Crippen molar-refractivity contribution in [3.63, 3.8) is 0 Å². The molecular formula is C55H35N5. The summed E-state index contributed by atoms with van der Waals surface area (Å²) in [6.45, 7) is 0. The van der Waals surface area contributed by atoms with E-state index in [1.165, 1.54) is 48.9 Å². The molecule has 0 aliphatic heterocycles. The van der Waals surface area contributed by atoms with E-state index >= 15 is 0 Å². The topological polar surface area (TPSA) is 48.5 Å². The second-order valence-electron chi connectivity index (χ2n) is 15.3. The first-order chi connectivity index (χ1) is 29.7. The maximum atomic E-state index is 5.05. The lowest BCUT2D eigenvalue weighted by Crippen LogP contribution is -2.01. The van der Waals surface area contributed by atoms with Gasteiger partial charge in [0.1, 0.15) is 0 Å². The van der Waals surface area contributed by atoms with Crippen LogP contribution < -0.4 is 0 Å². The third-order valence-corrected chi connectivity index (χ3v) is 11.7. The van der Waals surface area contributed by atoms with Gasteiger partial charge in [0.05, 0.1) is 22.1 Å². The lowest BCUT2D eigenvalue weighted by atomic mass is 10.0. The minimum absolute atomic E-state index is 0.627. The molecule has 3 aromatic heterocycles. The number of hydrogen-bond acceptors (Lipinski definition) is 3. The zero-order chi connectivity index (χ0) is 39.6. The van der Waals surface area contributed by atoms with E-state index in [0.717, 1.165) is 44.7 Å². The first-order valence-corrected chi connectivity index (χ1v) is 20.3. The highest BCUT2D eigenvalue weighted by molar-refractivity contribution is 6.12. The van der Waals surface area contributed by atoms with Gasteiger partial charge in [0.25, 0.3) is 0 Å². The first-order valence-electron chi connectivity index (χ1n) is 20.3. The molecule has 5 heteroatoms. The Kier molecular flexibility index (Phi) is 7.78. The molecule has 9 aromatic carbocycles. The molecule has 0 saturated carbocycles. The normalized spacial score (nSPS) is 11.7. The maximum Gasteiger partial charge on any atom is 0.164 e. The van der Waals surface area contributed by atoms with Crippen LogP contribution in [-0.4, -0.2) is 24.1 Å². The van der Waals surface area contributed by atoms with E-state index in [1.54, 1.807) is 0 Å². The van der Waals surface area contributed by atoms with Crippen molar-refractivity contribution in [1.82, 2.24) is 24.1 Å². The van der Waals surface area contributed by atoms with Crippen molar-refractivity contribution in [1.29, 1.82) is 0 Å². The van der Waals surface area contributed by atoms with Crippen LogP contribution in [0.3, 0.4) is 0 Å². The van der Waals surface area contributed by atoms with E-state index in [2.05, 4.69) is 161 Å². The average Bonchev–Trinajstić information content (AvgIpc) is 3.84. The summed E-state index contributed by atoms with van der Waals surface area (Å²) < 4.78 is 4.77. The Morgan fingerprint density at radius 1 is 0.250 bits per heavy atom. The molecule has 0 N–H and O–H groups in total. The minimum atomic E-state index is 0.627. The molecular weight excluding hydrogens is 731 g/mol. The number of hydrogen-bond donors (Lipinski definition) is 0. The fourth-order valence-corrected chi connectivity index (χ4v) is 8.90. The molecule has 12 aromatic rings. The van der Waals surface area contributed by atoms with Gasteiger partial charge in [-0.3, -0.25) is 0 Å². The quantitative estimate of drug-likeness (QED) is 0.169. The minimum Gasteiger partial charge on any atom is -0.309 e.